The van der Waals surface area contributed by atoms with Crippen LogP contribution in [0.1, 0.15) is 47.5 Å². The molecule has 3 amide bonds. The van der Waals surface area contributed by atoms with Gasteiger partial charge in [-0.25, -0.2) is 4.79 Å². The third kappa shape index (κ3) is 3.99. The van der Waals surface area contributed by atoms with Crippen LogP contribution in [0.4, 0.5) is 4.79 Å². The maximum atomic E-state index is 12.9. The van der Waals surface area contributed by atoms with Gasteiger partial charge in [0.15, 0.2) is 0 Å². The highest BCUT2D eigenvalue weighted by Gasteiger charge is 2.43. The average molecular weight is 339 g/mol. The number of piperidine rings is 1. The Morgan fingerprint density at radius 2 is 1.92 bits per heavy atom. The van der Waals surface area contributed by atoms with Crippen LogP contribution in [-0.4, -0.2) is 65.0 Å². The van der Waals surface area contributed by atoms with Gasteiger partial charge in [0, 0.05) is 26.2 Å². The number of hydrogen-bond acceptors (Lipinski definition) is 4. The lowest BCUT2D eigenvalue weighted by Gasteiger charge is -2.44. The van der Waals surface area contributed by atoms with Gasteiger partial charge in [-0.3, -0.25) is 9.59 Å². The van der Waals surface area contributed by atoms with Gasteiger partial charge in [-0.2, -0.15) is 0 Å². The summed E-state index contributed by atoms with van der Waals surface area (Å²) in [5, 5.41) is 2.80. The van der Waals surface area contributed by atoms with Crippen molar-refractivity contribution >= 4 is 17.9 Å². The van der Waals surface area contributed by atoms with Crippen LogP contribution in [0.3, 0.4) is 0 Å². The maximum Gasteiger partial charge on any atom is 0.410 e. The second-order valence-electron chi connectivity index (χ2n) is 8.07. The van der Waals surface area contributed by atoms with Crippen molar-refractivity contribution in [3.63, 3.8) is 0 Å². The van der Waals surface area contributed by atoms with Crippen LogP contribution in [0.25, 0.3) is 0 Å². The van der Waals surface area contributed by atoms with E-state index in [4.69, 9.17) is 4.74 Å². The molecule has 2 aliphatic rings. The molecule has 0 aromatic heterocycles. The second-order valence-corrected chi connectivity index (χ2v) is 8.07. The van der Waals surface area contributed by atoms with Gasteiger partial charge in [-0.1, -0.05) is 0 Å². The molecule has 2 fully saturated rings. The first-order valence-corrected chi connectivity index (χ1v) is 8.60. The van der Waals surface area contributed by atoms with Crippen LogP contribution in [-0.2, 0) is 14.3 Å². The molecule has 136 valence electrons. The summed E-state index contributed by atoms with van der Waals surface area (Å²) in [4.78, 5) is 40.5. The van der Waals surface area contributed by atoms with E-state index in [0.29, 0.717) is 26.2 Å². The first-order chi connectivity index (χ1) is 11.0. The van der Waals surface area contributed by atoms with Gasteiger partial charge >= 0.3 is 6.09 Å². The van der Waals surface area contributed by atoms with E-state index < -0.39 is 11.1 Å². The van der Waals surface area contributed by atoms with Crippen LogP contribution < -0.4 is 5.32 Å². The molecule has 0 bridgehead atoms. The molecule has 0 aromatic carbocycles. The van der Waals surface area contributed by atoms with Gasteiger partial charge in [0.1, 0.15) is 11.1 Å². The van der Waals surface area contributed by atoms with Gasteiger partial charge in [-0.05, 0) is 47.5 Å². The molecule has 0 saturated carbocycles. The Morgan fingerprint density at radius 1 is 1.25 bits per heavy atom. The molecule has 0 aliphatic carbocycles. The highest BCUT2D eigenvalue weighted by molar-refractivity contribution is 5.92. The lowest BCUT2D eigenvalue weighted by Crippen LogP contribution is -2.65. The number of hydrogen-bond donors (Lipinski definition) is 1. The zero-order chi connectivity index (χ0) is 18.1. The molecule has 2 rings (SSSR count). The Morgan fingerprint density at radius 3 is 2.54 bits per heavy atom. The minimum absolute atomic E-state index is 0.0527. The van der Waals surface area contributed by atoms with Crippen LogP contribution in [0.5, 0.6) is 0 Å². The van der Waals surface area contributed by atoms with Gasteiger partial charge in [0.05, 0.1) is 5.92 Å². The molecule has 24 heavy (non-hydrogen) atoms. The van der Waals surface area contributed by atoms with Crippen molar-refractivity contribution in [1.82, 2.24) is 15.1 Å². The van der Waals surface area contributed by atoms with Crippen molar-refractivity contribution in [2.24, 2.45) is 5.92 Å². The quantitative estimate of drug-likeness (QED) is 0.782. The summed E-state index contributed by atoms with van der Waals surface area (Å²) in [6, 6.07) is 0. The smallest absolute Gasteiger partial charge is 0.410 e. The van der Waals surface area contributed by atoms with Gasteiger partial charge < -0.3 is 19.9 Å². The average Bonchev–Trinajstić information content (AvgIpc) is 2.48. The highest BCUT2D eigenvalue weighted by atomic mass is 16.6. The number of nitrogens with one attached hydrogen (secondary N) is 1. The van der Waals surface area contributed by atoms with Crippen molar-refractivity contribution < 1.29 is 19.1 Å². The first kappa shape index (κ1) is 18.5. The molecule has 0 aromatic rings. The van der Waals surface area contributed by atoms with E-state index >= 15 is 0 Å². The third-order valence-corrected chi connectivity index (χ3v) is 4.54. The summed E-state index contributed by atoms with van der Waals surface area (Å²) in [6.45, 7) is 10.9. The Bertz CT molecular complexity index is 524. The molecule has 7 heteroatoms. The summed E-state index contributed by atoms with van der Waals surface area (Å²) in [5.41, 5.74) is -1.41. The predicted molar refractivity (Wildman–Crippen MR) is 89.3 cm³/mol. The Hall–Kier alpha value is -1.79. The van der Waals surface area contributed by atoms with E-state index in [-0.39, 0.29) is 23.8 Å². The minimum atomic E-state index is -0.858. The van der Waals surface area contributed by atoms with E-state index in [9.17, 15) is 14.4 Å². The van der Waals surface area contributed by atoms with Crippen LogP contribution in [0.2, 0.25) is 0 Å². The first-order valence-electron chi connectivity index (χ1n) is 8.60. The molecule has 7 nitrogen and oxygen atoms in total. The number of ether oxygens (including phenoxy) is 1. The third-order valence-electron chi connectivity index (χ3n) is 4.54. The fraction of sp³-hybridized carbons (Fsp3) is 0.824. The topological polar surface area (TPSA) is 79.0 Å². The molecule has 0 unspecified atom stereocenters. The fourth-order valence-electron chi connectivity index (χ4n) is 3.18. The summed E-state index contributed by atoms with van der Waals surface area (Å²) >= 11 is 0. The molecule has 2 heterocycles. The number of rotatable bonds is 1. The Kier molecular flexibility index (Phi) is 5.11. The number of carbonyl (C=O) groups is 3. The van der Waals surface area contributed by atoms with E-state index in [1.165, 1.54) is 0 Å². The number of nitrogens with zero attached hydrogens (tertiary/aromatic N) is 2. The minimum Gasteiger partial charge on any atom is -0.444 e. The second kappa shape index (κ2) is 6.61. The molecular weight excluding hydrogens is 310 g/mol. The van der Waals surface area contributed by atoms with Crippen molar-refractivity contribution in [3.05, 3.63) is 0 Å². The number of piperazine rings is 1. The van der Waals surface area contributed by atoms with Crippen molar-refractivity contribution in [2.45, 2.75) is 58.6 Å². The zero-order valence-electron chi connectivity index (χ0n) is 15.3. The molecule has 1 atom stereocenters. The molecule has 2 aliphatic heterocycles. The van der Waals surface area contributed by atoms with Crippen molar-refractivity contribution in [2.75, 3.05) is 26.2 Å². The predicted octanol–water partition coefficient (Wildman–Crippen LogP) is 1.37. The highest BCUT2D eigenvalue weighted by Crippen LogP contribution is 2.26. The number of carbonyl (C=O) groups excluding carboxylic acids is 3. The van der Waals surface area contributed by atoms with Crippen LogP contribution in [0, 0.1) is 5.92 Å². The van der Waals surface area contributed by atoms with E-state index in [1.54, 1.807) is 23.6 Å². The van der Waals surface area contributed by atoms with E-state index in [2.05, 4.69) is 5.32 Å². The van der Waals surface area contributed by atoms with E-state index in [0.717, 1.165) is 12.8 Å². The summed E-state index contributed by atoms with van der Waals surface area (Å²) in [5.74, 6) is -0.471. The lowest BCUT2D eigenvalue weighted by atomic mass is 9.92. The molecule has 2 saturated heterocycles. The number of likely N-dealkylation sites (tertiary alicyclic amines) is 1. The molecule has 0 spiro atoms. The summed E-state index contributed by atoms with van der Waals surface area (Å²) in [7, 11) is 0. The largest absolute Gasteiger partial charge is 0.444 e. The Balaban J connectivity index is 2.05. The van der Waals surface area contributed by atoms with Gasteiger partial charge in [-0.15, -0.1) is 0 Å². The normalized spacial score (nSPS) is 24.4. The summed E-state index contributed by atoms with van der Waals surface area (Å²) < 4.78 is 5.41. The number of amides is 3. The monoisotopic (exact) mass is 339 g/mol. The lowest BCUT2D eigenvalue weighted by molar-refractivity contribution is -0.153. The maximum absolute atomic E-state index is 12.9. The van der Waals surface area contributed by atoms with Crippen LogP contribution >= 0.6 is 0 Å². The molecule has 1 N–H and O–H groups in total. The molecule has 0 radical (unpaired) electrons. The van der Waals surface area contributed by atoms with Crippen molar-refractivity contribution in [1.29, 1.82) is 0 Å². The SMILES string of the molecule is CC(C)(C)OC(=O)N1CCC[C@@H](C(=O)N2CCNC(=O)C2(C)C)C1. The van der Waals surface area contributed by atoms with Gasteiger partial charge in [0.25, 0.3) is 0 Å². The van der Waals surface area contributed by atoms with Gasteiger partial charge in [0.2, 0.25) is 11.8 Å². The van der Waals surface area contributed by atoms with Crippen molar-refractivity contribution in [3.8, 4) is 0 Å². The molecular formula is C17H29N3O4. The van der Waals surface area contributed by atoms with Crippen LogP contribution in [0.15, 0.2) is 0 Å². The summed E-state index contributed by atoms with van der Waals surface area (Å²) in [6.07, 6.45) is 1.11. The Labute approximate surface area is 143 Å². The zero-order valence-corrected chi connectivity index (χ0v) is 15.3. The van der Waals surface area contributed by atoms with E-state index in [1.807, 2.05) is 20.8 Å². The standard InChI is InChI=1S/C17H29N3O4/c1-16(2,3)24-15(23)19-9-6-7-12(11-19)13(21)20-10-8-18-14(22)17(20,4)5/h12H,6-11H2,1-5H3,(H,18,22)/t12-/m1/s1. The fourth-order valence-corrected chi connectivity index (χ4v) is 3.18.